The Bertz CT molecular complexity index is 162. The average Bonchev–Trinajstić information content (AvgIpc) is 2.00. The maximum absolute atomic E-state index is 9.30. The number of rotatable bonds is 4. The molecule has 0 saturated carbocycles. The molecule has 0 radical (unpaired) electrons. The van der Waals surface area contributed by atoms with Gasteiger partial charge in [0.25, 0.3) is 0 Å². The third kappa shape index (κ3) is 5.00. The zero-order valence-corrected chi connectivity index (χ0v) is 8.08. The van der Waals surface area contributed by atoms with Crippen molar-refractivity contribution in [2.75, 3.05) is 0 Å². The van der Waals surface area contributed by atoms with Gasteiger partial charge in [-0.05, 0) is 12.5 Å². The molecule has 0 spiro atoms. The minimum atomic E-state index is -0.547. The quantitative estimate of drug-likeness (QED) is 0.579. The van der Waals surface area contributed by atoms with E-state index < -0.39 is 6.10 Å². The van der Waals surface area contributed by atoms with Crippen LogP contribution in [-0.4, -0.2) is 16.0 Å². The number of halogens is 1. The number of nitrogens with zero attached hydrogens (tertiary/aromatic N) is 1. The SMILES string of the molecule is CCC[C@H](Br)[C@H](O)/C=C/C#N. The number of hydrogen-bond acceptors (Lipinski definition) is 2. The maximum atomic E-state index is 9.30. The van der Waals surface area contributed by atoms with Crippen LogP contribution in [0.3, 0.4) is 0 Å². The predicted octanol–water partition coefficient (Wildman–Crippen LogP) is 1.99. The fourth-order valence-corrected chi connectivity index (χ4v) is 1.34. The lowest BCUT2D eigenvalue weighted by atomic mass is 10.1. The Balaban J connectivity index is 3.74. The van der Waals surface area contributed by atoms with Crippen LogP contribution in [0.1, 0.15) is 19.8 Å². The molecule has 3 heteroatoms. The smallest absolute Gasteiger partial charge is 0.0909 e. The third-order valence-electron chi connectivity index (χ3n) is 1.30. The Morgan fingerprint density at radius 2 is 2.36 bits per heavy atom. The number of allylic oxidation sites excluding steroid dienone is 1. The number of nitriles is 1. The van der Waals surface area contributed by atoms with E-state index in [4.69, 9.17) is 5.26 Å². The molecule has 0 aromatic carbocycles. The molecule has 0 amide bonds. The summed E-state index contributed by atoms with van der Waals surface area (Å²) in [5, 5.41) is 17.5. The molecule has 0 saturated heterocycles. The monoisotopic (exact) mass is 217 g/mol. The van der Waals surface area contributed by atoms with Crippen LogP contribution in [0.5, 0.6) is 0 Å². The van der Waals surface area contributed by atoms with Crippen LogP contribution in [0.4, 0.5) is 0 Å². The van der Waals surface area contributed by atoms with Crippen LogP contribution in [0.2, 0.25) is 0 Å². The van der Waals surface area contributed by atoms with Gasteiger partial charge in [0.1, 0.15) is 0 Å². The summed E-state index contributed by atoms with van der Waals surface area (Å²) in [6.07, 6.45) is 4.18. The van der Waals surface area contributed by atoms with Gasteiger partial charge in [0.15, 0.2) is 0 Å². The van der Waals surface area contributed by atoms with Crippen molar-refractivity contribution < 1.29 is 5.11 Å². The van der Waals surface area contributed by atoms with Crippen molar-refractivity contribution in [1.82, 2.24) is 0 Å². The molecule has 0 aromatic rings. The van der Waals surface area contributed by atoms with Gasteiger partial charge in [-0.1, -0.05) is 29.3 Å². The van der Waals surface area contributed by atoms with E-state index in [0.29, 0.717) is 0 Å². The molecule has 62 valence electrons. The second kappa shape index (κ2) is 6.38. The molecule has 0 rings (SSSR count). The molecule has 0 aliphatic heterocycles. The first-order valence-corrected chi connectivity index (χ1v) is 4.52. The van der Waals surface area contributed by atoms with Crippen LogP contribution in [-0.2, 0) is 0 Å². The highest BCUT2D eigenvalue weighted by molar-refractivity contribution is 9.09. The van der Waals surface area contributed by atoms with Gasteiger partial charge in [-0.15, -0.1) is 0 Å². The molecule has 1 N–H and O–H groups in total. The zero-order chi connectivity index (χ0) is 8.69. The number of hydrogen-bond donors (Lipinski definition) is 1. The minimum absolute atomic E-state index is 0.0668. The van der Waals surface area contributed by atoms with E-state index in [-0.39, 0.29) is 4.83 Å². The molecule has 2 nitrogen and oxygen atoms in total. The van der Waals surface area contributed by atoms with Crippen molar-refractivity contribution >= 4 is 15.9 Å². The van der Waals surface area contributed by atoms with Gasteiger partial charge in [0.2, 0.25) is 0 Å². The van der Waals surface area contributed by atoms with E-state index in [1.54, 1.807) is 0 Å². The van der Waals surface area contributed by atoms with Crippen molar-refractivity contribution in [1.29, 1.82) is 5.26 Å². The van der Waals surface area contributed by atoms with Gasteiger partial charge in [-0.3, -0.25) is 0 Å². The molecular formula is C8H12BrNO. The summed E-state index contributed by atoms with van der Waals surface area (Å²) >= 11 is 3.32. The van der Waals surface area contributed by atoms with E-state index in [9.17, 15) is 5.11 Å². The highest BCUT2D eigenvalue weighted by atomic mass is 79.9. The van der Waals surface area contributed by atoms with Gasteiger partial charge < -0.3 is 5.11 Å². The molecule has 0 aliphatic rings. The molecule has 0 fully saturated rings. The van der Waals surface area contributed by atoms with Crippen molar-refractivity contribution in [3.05, 3.63) is 12.2 Å². The Kier molecular flexibility index (Phi) is 6.19. The fourth-order valence-electron chi connectivity index (χ4n) is 0.709. The maximum Gasteiger partial charge on any atom is 0.0909 e. The Hall–Kier alpha value is -0.330. The summed E-state index contributed by atoms with van der Waals surface area (Å²) in [5.41, 5.74) is 0. The first-order valence-electron chi connectivity index (χ1n) is 3.60. The summed E-state index contributed by atoms with van der Waals surface area (Å²) in [6.45, 7) is 2.05. The summed E-state index contributed by atoms with van der Waals surface area (Å²) in [5.74, 6) is 0. The summed E-state index contributed by atoms with van der Waals surface area (Å²) in [6, 6.07) is 1.83. The molecule has 0 unspecified atom stereocenters. The third-order valence-corrected chi connectivity index (χ3v) is 2.30. The molecule has 0 bridgehead atoms. The molecule has 0 aromatic heterocycles. The van der Waals surface area contributed by atoms with Crippen molar-refractivity contribution in [2.45, 2.75) is 30.7 Å². The van der Waals surface area contributed by atoms with Gasteiger partial charge in [0.05, 0.1) is 12.2 Å². The molecule has 2 atom stereocenters. The summed E-state index contributed by atoms with van der Waals surface area (Å²) < 4.78 is 0. The lowest BCUT2D eigenvalue weighted by molar-refractivity contribution is 0.217. The van der Waals surface area contributed by atoms with Crippen LogP contribution >= 0.6 is 15.9 Å². The number of aliphatic hydroxyl groups is 1. The Morgan fingerprint density at radius 1 is 1.73 bits per heavy atom. The van der Waals surface area contributed by atoms with E-state index in [2.05, 4.69) is 22.9 Å². The van der Waals surface area contributed by atoms with Crippen molar-refractivity contribution in [3.8, 4) is 6.07 Å². The summed E-state index contributed by atoms with van der Waals surface area (Å²) in [4.78, 5) is 0.0668. The lowest BCUT2D eigenvalue weighted by Gasteiger charge is -2.11. The minimum Gasteiger partial charge on any atom is -0.388 e. The van der Waals surface area contributed by atoms with E-state index >= 15 is 0 Å². The molecule has 0 heterocycles. The van der Waals surface area contributed by atoms with Crippen molar-refractivity contribution in [3.63, 3.8) is 0 Å². The van der Waals surface area contributed by atoms with E-state index in [1.165, 1.54) is 12.2 Å². The van der Waals surface area contributed by atoms with Gasteiger partial charge in [-0.2, -0.15) is 5.26 Å². The average molecular weight is 218 g/mol. The fraction of sp³-hybridized carbons (Fsp3) is 0.625. The predicted molar refractivity (Wildman–Crippen MR) is 48.4 cm³/mol. The lowest BCUT2D eigenvalue weighted by Crippen LogP contribution is -2.16. The molecule has 11 heavy (non-hydrogen) atoms. The number of alkyl halides is 1. The Labute approximate surface area is 75.7 Å². The second-order valence-electron chi connectivity index (χ2n) is 2.28. The normalized spacial score (nSPS) is 16.2. The van der Waals surface area contributed by atoms with Crippen LogP contribution in [0.25, 0.3) is 0 Å². The van der Waals surface area contributed by atoms with Gasteiger partial charge >= 0.3 is 0 Å². The van der Waals surface area contributed by atoms with E-state index in [1.807, 2.05) is 6.07 Å². The van der Waals surface area contributed by atoms with Crippen molar-refractivity contribution in [2.24, 2.45) is 0 Å². The second-order valence-corrected chi connectivity index (χ2v) is 3.46. The standard InChI is InChI=1S/C8H12BrNO/c1-2-4-7(9)8(11)5-3-6-10/h3,5,7-8,11H,2,4H2,1H3/b5-3+/t7-,8+/m0/s1. The van der Waals surface area contributed by atoms with Crippen LogP contribution in [0, 0.1) is 11.3 Å². The first-order chi connectivity index (χ1) is 5.22. The van der Waals surface area contributed by atoms with Crippen LogP contribution in [0.15, 0.2) is 12.2 Å². The van der Waals surface area contributed by atoms with E-state index in [0.717, 1.165) is 12.8 Å². The Morgan fingerprint density at radius 3 is 2.82 bits per heavy atom. The summed E-state index contributed by atoms with van der Waals surface area (Å²) in [7, 11) is 0. The number of aliphatic hydroxyl groups excluding tert-OH is 1. The van der Waals surface area contributed by atoms with Gasteiger partial charge in [-0.25, -0.2) is 0 Å². The molecule has 0 aliphatic carbocycles. The zero-order valence-electron chi connectivity index (χ0n) is 6.50. The van der Waals surface area contributed by atoms with Crippen LogP contribution < -0.4 is 0 Å². The first kappa shape index (κ1) is 10.7. The van der Waals surface area contributed by atoms with Gasteiger partial charge in [0, 0.05) is 10.9 Å². The largest absolute Gasteiger partial charge is 0.388 e. The molecular weight excluding hydrogens is 206 g/mol. The topological polar surface area (TPSA) is 44.0 Å². The highest BCUT2D eigenvalue weighted by Crippen LogP contribution is 2.13. The highest BCUT2D eigenvalue weighted by Gasteiger charge is 2.10.